The Labute approximate surface area is 91.5 Å². The largest absolute Gasteiger partial charge is 0.0654 e. The van der Waals surface area contributed by atoms with Crippen molar-refractivity contribution in [3.05, 3.63) is 0 Å². The molecule has 0 nitrogen and oxygen atoms in total. The zero-order valence-corrected chi connectivity index (χ0v) is 10.8. The van der Waals surface area contributed by atoms with Crippen molar-refractivity contribution in [3.63, 3.8) is 0 Å². The van der Waals surface area contributed by atoms with Gasteiger partial charge in [-0.25, -0.2) is 0 Å². The average molecular weight is 198 g/mol. The van der Waals surface area contributed by atoms with Gasteiger partial charge in [-0.3, -0.25) is 0 Å². The van der Waals surface area contributed by atoms with Gasteiger partial charge in [-0.15, -0.1) is 0 Å². The summed E-state index contributed by atoms with van der Waals surface area (Å²) in [4.78, 5) is 0. The van der Waals surface area contributed by atoms with E-state index in [2.05, 4.69) is 27.7 Å². The van der Waals surface area contributed by atoms with E-state index in [0.29, 0.717) is 0 Å². The Morgan fingerprint density at radius 2 is 1.00 bits per heavy atom. The van der Waals surface area contributed by atoms with Gasteiger partial charge in [-0.1, -0.05) is 79.1 Å². The summed E-state index contributed by atoms with van der Waals surface area (Å²) in [5, 5.41) is 0. The highest BCUT2D eigenvalue weighted by molar-refractivity contribution is 4.68. The number of hydrogen-bond donors (Lipinski definition) is 0. The van der Waals surface area contributed by atoms with E-state index in [-0.39, 0.29) is 0 Å². The second kappa shape index (κ2) is 9.55. The van der Waals surface area contributed by atoms with Crippen LogP contribution in [0.4, 0.5) is 0 Å². The van der Waals surface area contributed by atoms with Crippen LogP contribution in [0, 0.1) is 11.8 Å². The van der Waals surface area contributed by atoms with Crippen molar-refractivity contribution < 1.29 is 0 Å². The Hall–Kier alpha value is 0. The van der Waals surface area contributed by atoms with Crippen molar-refractivity contribution in [2.45, 2.75) is 79.1 Å². The van der Waals surface area contributed by atoms with Gasteiger partial charge in [0.2, 0.25) is 0 Å². The number of rotatable bonds is 9. The van der Waals surface area contributed by atoms with Crippen LogP contribution in [-0.2, 0) is 0 Å². The maximum Gasteiger partial charge on any atom is -0.0389 e. The Bertz CT molecular complexity index is 92.6. The standard InChI is InChI=1S/C14H30/c1-5-9-11-13(7-3)14(8-4)12-10-6-2/h13-14H,5-12H2,1-4H3. The van der Waals surface area contributed by atoms with Gasteiger partial charge in [0.05, 0.1) is 0 Å². The lowest BCUT2D eigenvalue weighted by atomic mass is 9.81. The fourth-order valence-corrected chi connectivity index (χ4v) is 2.48. The fraction of sp³-hybridized carbons (Fsp3) is 1.00. The first kappa shape index (κ1) is 14.0. The molecule has 0 rings (SSSR count). The van der Waals surface area contributed by atoms with Crippen molar-refractivity contribution >= 4 is 0 Å². The molecular weight excluding hydrogens is 168 g/mol. The molecule has 0 aromatic heterocycles. The zero-order valence-electron chi connectivity index (χ0n) is 10.8. The maximum absolute atomic E-state index is 2.37. The molecule has 0 aliphatic rings. The third-order valence-corrected chi connectivity index (χ3v) is 3.57. The first-order valence-electron chi connectivity index (χ1n) is 6.79. The van der Waals surface area contributed by atoms with Gasteiger partial charge in [0, 0.05) is 0 Å². The second-order valence-corrected chi connectivity index (χ2v) is 4.62. The molecule has 0 spiro atoms. The first-order valence-corrected chi connectivity index (χ1v) is 6.79. The molecule has 0 bridgehead atoms. The van der Waals surface area contributed by atoms with E-state index in [4.69, 9.17) is 0 Å². The quantitative estimate of drug-likeness (QED) is 0.464. The minimum Gasteiger partial charge on any atom is -0.0654 e. The highest BCUT2D eigenvalue weighted by atomic mass is 14.2. The minimum absolute atomic E-state index is 1.01. The van der Waals surface area contributed by atoms with Gasteiger partial charge in [-0.2, -0.15) is 0 Å². The molecule has 0 aromatic rings. The van der Waals surface area contributed by atoms with E-state index < -0.39 is 0 Å². The highest BCUT2D eigenvalue weighted by Crippen LogP contribution is 2.28. The third kappa shape index (κ3) is 5.67. The summed E-state index contributed by atoms with van der Waals surface area (Å²) in [5.74, 6) is 2.01. The van der Waals surface area contributed by atoms with Crippen LogP contribution >= 0.6 is 0 Å². The van der Waals surface area contributed by atoms with Gasteiger partial charge >= 0.3 is 0 Å². The summed E-state index contributed by atoms with van der Waals surface area (Å²) in [6.45, 7) is 9.35. The van der Waals surface area contributed by atoms with Gasteiger partial charge in [0.25, 0.3) is 0 Å². The molecule has 2 atom stereocenters. The normalized spacial score (nSPS) is 15.4. The Kier molecular flexibility index (Phi) is 9.55. The molecule has 0 amide bonds. The van der Waals surface area contributed by atoms with Crippen molar-refractivity contribution in [2.24, 2.45) is 11.8 Å². The van der Waals surface area contributed by atoms with E-state index in [1.807, 2.05) is 0 Å². The van der Waals surface area contributed by atoms with Gasteiger partial charge in [0.15, 0.2) is 0 Å². The molecule has 0 fully saturated rings. The lowest BCUT2D eigenvalue weighted by Crippen LogP contribution is -2.13. The van der Waals surface area contributed by atoms with Gasteiger partial charge in [-0.05, 0) is 11.8 Å². The topological polar surface area (TPSA) is 0 Å². The minimum atomic E-state index is 1.01. The molecule has 0 heteroatoms. The molecule has 0 saturated carbocycles. The molecule has 0 aromatic carbocycles. The predicted octanol–water partition coefficient (Wildman–Crippen LogP) is 5.42. The van der Waals surface area contributed by atoms with Gasteiger partial charge in [0.1, 0.15) is 0 Å². The number of unbranched alkanes of at least 4 members (excludes halogenated alkanes) is 2. The predicted molar refractivity (Wildman–Crippen MR) is 66.6 cm³/mol. The van der Waals surface area contributed by atoms with E-state index in [1.54, 1.807) is 0 Å². The monoisotopic (exact) mass is 198 g/mol. The third-order valence-electron chi connectivity index (χ3n) is 3.57. The van der Waals surface area contributed by atoms with Gasteiger partial charge < -0.3 is 0 Å². The summed E-state index contributed by atoms with van der Waals surface area (Å²) in [5.41, 5.74) is 0. The van der Waals surface area contributed by atoms with Crippen LogP contribution in [0.1, 0.15) is 79.1 Å². The van der Waals surface area contributed by atoms with E-state index >= 15 is 0 Å². The fourth-order valence-electron chi connectivity index (χ4n) is 2.48. The highest BCUT2D eigenvalue weighted by Gasteiger charge is 2.16. The lowest BCUT2D eigenvalue weighted by molar-refractivity contribution is 0.267. The van der Waals surface area contributed by atoms with Crippen LogP contribution in [0.2, 0.25) is 0 Å². The summed E-state index contributed by atoms with van der Waals surface area (Å²) >= 11 is 0. The van der Waals surface area contributed by atoms with Crippen LogP contribution in [0.25, 0.3) is 0 Å². The van der Waals surface area contributed by atoms with Crippen molar-refractivity contribution in [1.29, 1.82) is 0 Å². The van der Waals surface area contributed by atoms with Crippen molar-refractivity contribution in [3.8, 4) is 0 Å². The Morgan fingerprint density at radius 3 is 1.21 bits per heavy atom. The Balaban J connectivity index is 3.87. The molecule has 14 heavy (non-hydrogen) atoms. The molecule has 2 unspecified atom stereocenters. The summed E-state index contributed by atoms with van der Waals surface area (Å²) in [6, 6.07) is 0. The van der Waals surface area contributed by atoms with Crippen molar-refractivity contribution in [2.75, 3.05) is 0 Å². The van der Waals surface area contributed by atoms with Crippen molar-refractivity contribution in [1.82, 2.24) is 0 Å². The maximum atomic E-state index is 2.37. The van der Waals surface area contributed by atoms with E-state index in [1.165, 1.54) is 51.4 Å². The SMILES string of the molecule is CCCCC(CC)C(CC)CCCC. The molecule has 0 N–H and O–H groups in total. The summed E-state index contributed by atoms with van der Waals surface area (Å²) < 4.78 is 0. The van der Waals surface area contributed by atoms with E-state index in [9.17, 15) is 0 Å². The molecule has 0 radical (unpaired) electrons. The van der Waals surface area contributed by atoms with Crippen LogP contribution < -0.4 is 0 Å². The van der Waals surface area contributed by atoms with Crippen LogP contribution in [0.3, 0.4) is 0 Å². The van der Waals surface area contributed by atoms with Crippen LogP contribution in [-0.4, -0.2) is 0 Å². The molecule has 0 aliphatic carbocycles. The second-order valence-electron chi connectivity index (χ2n) is 4.62. The molecule has 0 saturated heterocycles. The smallest absolute Gasteiger partial charge is 0.0389 e. The number of hydrogen-bond acceptors (Lipinski definition) is 0. The van der Waals surface area contributed by atoms with E-state index in [0.717, 1.165) is 11.8 Å². The van der Waals surface area contributed by atoms with Crippen LogP contribution in [0.15, 0.2) is 0 Å². The summed E-state index contributed by atoms with van der Waals surface area (Å²) in [6.07, 6.45) is 11.3. The molecule has 0 heterocycles. The zero-order chi connectivity index (χ0) is 10.8. The molecular formula is C14H30. The molecule has 86 valence electrons. The first-order chi connectivity index (χ1) is 6.79. The van der Waals surface area contributed by atoms with Crippen LogP contribution in [0.5, 0.6) is 0 Å². The summed E-state index contributed by atoms with van der Waals surface area (Å²) in [7, 11) is 0. The molecule has 0 aliphatic heterocycles. The Morgan fingerprint density at radius 1 is 0.643 bits per heavy atom. The lowest BCUT2D eigenvalue weighted by Gasteiger charge is -2.25. The average Bonchev–Trinajstić information content (AvgIpc) is 2.23.